The van der Waals surface area contributed by atoms with Crippen molar-refractivity contribution in [3.05, 3.63) is 16.6 Å². The average molecular weight is 269 g/mol. The van der Waals surface area contributed by atoms with E-state index in [2.05, 4.69) is 10.3 Å². The van der Waals surface area contributed by atoms with Crippen molar-refractivity contribution in [3.8, 4) is 0 Å². The smallest absolute Gasteiger partial charge is 0.305 e. The van der Waals surface area contributed by atoms with Gasteiger partial charge in [-0.3, -0.25) is 14.4 Å². The van der Waals surface area contributed by atoms with E-state index >= 15 is 0 Å². The van der Waals surface area contributed by atoms with Gasteiger partial charge < -0.3 is 15.3 Å². The number of rotatable bonds is 3. The Morgan fingerprint density at radius 2 is 2.39 bits per heavy atom. The van der Waals surface area contributed by atoms with Crippen LogP contribution >= 0.6 is 11.3 Å². The van der Waals surface area contributed by atoms with Crippen LogP contribution in [0.3, 0.4) is 0 Å². The van der Waals surface area contributed by atoms with Crippen molar-refractivity contribution in [1.82, 2.24) is 15.2 Å². The first-order chi connectivity index (χ1) is 8.59. The van der Waals surface area contributed by atoms with Crippen molar-refractivity contribution >= 4 is 29.1 Å². The van der Waals surface area contributed by atoms with Gasteiger partial charge in [0.2, 0.25) is 5.91 Å². The normalized spacial score (nSPS) is 19.4. The largest absolute Gasteiger partial charge is 0.481 e. The fraction of sp³-hybridized carbons (Fsp3) is 0.400. The molecule has 1 saturated heterocycles. The number of carbonyl (C=O) groups is 3. The monoisotopic (exact) mass is 269 g/mol. The number of thiazole rings is 1. The molecule has 18 heavy (non-hydrogen) atoms. The third-order valence-electron chi connectivity index (χ3n) is 2.61. The lowest BCUT2D eigenvalue weighted by Gasteiger charge is -2.33. The fourth-order valence-corrected chi connectivity index (χ4v) is 2.32. The first kappa shape index (κ1) is 12.5. The highest BCUT2D eigenvalue weighted by Crippen LogP contribution is 2.14. The number of nitrogens with one attached hydrogen (secondary N) is 1. The predicted octanol–water partition coefficient (Wildman–Crippen LogP) is -0.442. The second-order valence-electron chi connectivity index (χ2n) is 3.78. The van der Waals surface area contributed by atoms with Gasteiger partial charge in [-0.15, -0.1) is 11.3 Å². The zero-order valence-corrected chi connectivity index (χ0v) is 10.1. The maximum Gasteiger partial charge on any atom is 0.305 e. The number of amides is 2. The molecule has 2 rings (SSSR count). The van der Waals surface area contributed by atoms with E-state index in [9.17, 15) is 14.4 Å². The molecule has 2 heterocycles. The molecule has 0 aliphatic carbocycles. The molecule has 1 aliphatic rings. The topological polar surface area (TPSA) is 99.6 Å². The first-order valence-corrected chi connectivity index (χ1v) is 6.22. The summed E-state index contributed by atoms with van der Waals surface area (Å²) in [6.45, 7) is 0.616. The van der Waals surface area contributed by atoms with Crippen molar-refractivity contribution in [2.75, 3.05) is 13.1 Å². The average Bonchev–Trinajstić information content (AvgIpc) is 2.84. The Kier molecular flexibility index (Phi) is 3.56. The van der Waals surface area contributed by atoms with Crippen LogP contribution in [0.15, 0.2) is 10.9 Å². The van der Waals surface area contributed by atoms with E-state index in [1.54, 1.807) is 5.38 Å². The number of hydrogen-bond donors (Lipinski definition) is 2. The first-order valence-electron chi connectivity index (χ1n) is 5.28. The molecule has 8 heteroatoms. The maximum atomic E-state index is 12.1. The lowest BCUT2D eigenvalue weighted by atomic mass is 10.1. The summed E-state index contributed by atoms with van der Waals surface area (Å²) < 4.78 is 0. The summed E-state index contributed by atoms with van der Waals surface area (Å²) in [5, 5.41) is 12.9. The summed E-state index contributed by atoms with van der Waals surface area (Å²) >= 11 is 1.27. The maximum absolute atomic E-state index is 12.1. The van der Waals surface area contributed by atoms with E-state index in [1.165, 1.54) is 21.7 Å². The van der Waals surface area contributed by atoms with Crippen molar-refractivity contribution < 1.29 is 19.5 Å². The van der Waals surface area contributed by atoms with Crippen molar-refractivity contribution in [1.29, 1.82) is 0 Å². The van der Waals surface area contributed by atoms with Crippen LogP contribution in [0.1, 0.15) is 16.9 Å². The van der Waals surface area contributed by atoms with Gasteiger partial charge in [0.05, 0.1) is 11.9 Å². The number of carboxylic acids is 1. The molecule has 0 radical (unpaired) electrons. The SMILES string of the molecule is O=C(O)CC1C(=O)NCCN1C(=O)c1cscn1. The van der Waals surface area contributed by atoms with Gasteiger partial charge in [0, 0.05) is 18.5 Å². The van der Waals surface area contributed by atoms with E-state index in [0.29, 0.717) is 13.1 Å². The summed E-state index contributed by atoms with van der Waals surface area (Å²) in [6, 6.07) is -0.967. The number of carbonyl (C=O) groups excluding carboxylic acids is 2. The Labute approximate surface area is 106 Å². The second-order valence-corrected chi connectivity index (χ2v) is 4.50. The molecule has 0 saturated carbocycles. The summed E-state index contributed by atoms with van der Waals surface area (Å²) in [7, 11) is 0. The minimum atomic E-state index is -1.12. The fourth-order valence-electron chi connectivity index (χ4n) is 1.79. The molecule has 0 spiro atoms. The van der Waals surface area contributed by atoms with Crippen LogP contribution in [-0.4, -0.2) is 51.9 Å². The lowest BCUT2D eigenvalue weighted by Crippen LogP contribution is -2.57. The zero-order chi connectivity index (χ0) is 13.1. The Morgan fingerprint density at radius 1 is 1.61 bits per heavy atom. The highest BCUT2D eigenvalue weighted by molar-refractivity contribution is 7.07. The van der Waals surface area contributed by atoms with Crippen LogP contribution in [-0.2, 0) is 9.59 Å². The third kappa shape index (κ3) is 2.48. The van der Waals surface area contributed by atoms with Gasteiger partial charge in [-0.05, 0) is 0 Å². The van der Waals surface area contributed by atoms with E-state index in [0.717, 1.165) is 0 Å². The van der Waals surface area contributed by atoms with Crippen LogP contribution in [0.5, 0.6) is 0 Å². The van der Waals surface area contributed by atoms with Crippen LogP contribution in [0, 0.1) is 0 Å². The summed E-state index contributed by atoms with van der Waals surface area (Å²) in [5.74, 6) is -1.96. The van der Waals surface area contributed by atoms with Crippen molar-refractivity contribution in [2.24, 2.45) is 0 Å². The molecule has 1 aromatic heterocycles. The van der Waals surface area contributed by atoms with E-state index in [4.69, 9.17) is 5.11 Å². The van der Waals surface area contributed by atoms with E-state index in [-0.39, 0.29) is 5.69 Å². The molecule has 96 valence electrons. The number of carboxylic acid groups (broad SMARTS) is 1. The van der Waals surface area contributed by atoms with E-state index < -0.39 is 30.2 Å². The molecule has 1 aromatic rings. The molecule has 2 amide bonds. The van der Waals surface area contributed by atoms with Gasteiger partial charge in [-0.2, -0.15) is 0 Å². The van der Waals surface area contributed by atoms with Gasteiger partial charge in [-0.25, -0.2) is 4.98 Å². The Balaban J connectivity index is 2.20. The molecular formula is C10H11N3O4S. The number of aliphatic carboxylic acids is 1. The zero-order valence-electron chi connectivity index (χ0n) is 9.33. The molecule has 0 bridgehead atoms. The summed E-state index contributed by atoms with van der Waals surface area (Å²) in [5.41, 5.74) is 1.76. The summed E-state index contributed by atoms with van der Waals surface area (Å²) in [6.07, 6.45) is -0.401. The molecule has 1 unspecified atom stereocenters. The highest BCUT2D eigenvalue weighted by atomic mass is 32.1. The molecule has 2 N–H and O–H groups in total. The van der Waals surface area contributed by atoms with Crippen molar-refractivity contribution in [3.63, 3.8) is 0 Å². The lowest BCUT2D eigenvalue weighted by molar-refractivity contribution is -0.142. The van der Waals surface area contributed by atoms with E-state index in [1.807, 2.05) is 0 Å². The Hall–Kier alpha value is -1.96. The standard InChI is InChI=1S/C10H11N3O4S/c14-8(15)3-7-9(16)11-1-2-13(7)10(17)6-4-18-5-12-6/h4-5,7H,1-3H2,(H,11,16)(H,14,15). The van der Waals surface area contributed by atoms with Gasteiger partial charge in [0.25, 0.3) is 5.91 Å². The quantitative estimate of drug-likeness (QED) is 0.774. The number of nitrogens with zero attached hydrogens (tertiary/aromatic N) is 2. The Morgan fingerprint density at radius 3 is 3.00 bits per heavy atom. The molecule has 1 fully saturated rings. The van der Waals surface area contributed by atoms with Crippen LogP contribution in [0.2, 0.25) is 0 Å². The molecule has 1 aliphatic heterocycles. The molecule has 7 nitrogen and oxygen atoms in total. The highest BCUT2D eigenvalue weighted by Gasteiger charge is 2.35. The van der Waals surface area contributed by atoms with Crippen molar-refractivity contribution in [2.45, 2.75) is 12.5 Å². The number of aromatic nitrogens is 1. The Bertz CT molecular complexity index is 473. The number of hydrogen-bond acceptors (Lipinski definition) is 5. The second kappa shape index (κ2) is 5.13. The minimum absolute atomic E-state index is 0.241. The van der Waals surface area contributed by atoms with Gasteiger partial charge in [0.15, 0.2) is 0 Å². The molecule has 1 atom stereocenters. The van der Waals surface area contributed by atoms with Gasteiger partial charge in [-0.1, -0.05) is 0 Å². The summed E-state index contributed by atoms with van der Waals surface area (Å²) in [4.78, 5) is 39.6. The van der Waals surface area contributed by atoms with Gasteiger partial charge in [0.1, 0.15) is 11.7 Å². The minimum Gasteiger partial charge on any atom is -0.481 e. The molecule has 0 aromatic carbocycles. The van der Waals surface area contributed by atoms with Crippen LogP contribution in [0.4, 0.5) is 0 Å². The predicted molar refractivity (Wildman–Crippen MR) is 62.2 cm³/mol. The van der Waals surface area contributed by atoms with Gasteiger partial charge >= 0.3 is 5.97 Å². The number of piperazine rings is 1. The molecular weight excluding hydrogens is 258 g/mol. The van der Waals surface area contributed by atoms with Crippen LogP contribution < -0.4 is 5.32 Å². The van der Waals surface area contributed by atoms with Crippen LogP contribution in [0.25, 0.3) is 0 Å². The third-order valence-corrected chi connectivity index (χ3v) is 3.20.